The molecule has 5 rings (SSSR count). The van der Waals surface area contributed by atoms with E-state index in [9.17, 15) is 23.4 Å². The monoisotopic (exact) mass is 619 g/mol. The van der Waals surface area contributed by atoms with Gasteiger partial charge < -0.3 is 19.7 Å². The van der Waals surface area contributed by atoms with Crippen LogP contribution in [0.2, 0.25) is 0 Å². The van der Waals surface area contributed by atoms with E-state index in [4.69, 9.17) is 9.47 Å². The lowest BCUT2D eigenvalue weighted by molar-refractivity contribution is -0.268. The molecule has 4 atom stereocenters. The number of aliphatic hydroxyl groups is 1. The predicted molar refractivity (Wildman–Crippen MR) is 164 cm³/mol. The van der Waals surface area contributed by atoms with Gasteiger partial charge in [-0.05, 0) is 53.1 Å². The minimum atomic E-state index is -3.63. The first-order chi connectivity index (χ1) is 20.7. The highest BCUT2D eigenvalue weighted by Crippen LogP contribution is 2.43. The third-order valence-electron chi connectivity index (χ3n) is 7.41. The number of carbonyl (C=O) groups is 1. The third-order valence-corrected chi connectivity index (χ3v) is 9.93. The molecule has 0 spiro atoms. The summed E-state index contributed by atoms with van der Waals surface area (Å²) in [5.41, 5.74) is 3.63. The largest absolute Gasteiger partial charge is 0.478 e. The first-order valence-corrected chi connectivity index (χ1v) is 16.3. The summed E-state index contributed by atoms with van der Waals surface area (Å²) in [6, 6.07) is 30.2. The number of aromatic carboxylic acids is 1. The van der Waals surface area contributed by atoms with Gasteiger partial charge >= 0.3 is 5.97 Å². The van der Waals surface area contributed by atoms with E-state index in [-0.39, 0.29) is 41.7 Å². The molecule has 0 bridgehead atoms. The number of rotatable bonds is 11. The van der Waals surface area contributed by atoms with Crippen LogP contribution in [0.5, 0.6) is 0 Å². The van der Waals surface area contributed by atoms with E-state index in [0.29, 0.717) is 5.75 Å². The van der Waals surface area contributed by atoms with Crippen molar-refractivity contribution in [1.29, 1.82) is 0 Å². The van der Waals surface area contributed by atoms with E-state index in [1.165, 1.54) is 0 Å². The third kappa shape index (κ3) is 7.72. The molecule has 1 aliphatic heterocycles. The molecule has 4 aromatic rings. The fourth-order valence-corrected chi connectivity index (χ4v) is 6.94. The fourth-order valence-electron chi connectivity index (χ4n) is 4.84. The number of thioether (sulfide) groups is 1. The van der Waals surface area contributed by atoms with Gasteiger partial charge in [-0.1, -0.05) is 73.7 Å². The summed E-state index contributed by atoms with van der Waals surface area (Å²) in [7, 11) is -3.63. The number of sulfonamides is 1. The van der Waals surface area contributed by atoms with Crippen LogP contribution in [-0.2, 0) is 32.6 Å². The van der Waals surface area contributed by atoms with Crippen LogP contribution in [0.1, 0.15) is 51.9 Å². The van der Waals surface area contributed by atoms with Crippen LogP contribution in [-0.4, -0.2) is 36.5 Å². The zero-order chi connectivity index (χ0) is 30.4. The average molecular weight is 620 g/mol. The molecule has 0 saturated carbocycles. The first-order valence-electron chi connectivity index (χ1n) is 13.8. The second-order valence-corrected chi connectivity index (χ2v) is 13.2. The topological polar surface area (TPSA) is 122 Å². The van der Waals surface area contributed by atoms with Crippen molar-refractivity contribution in [3.63, 3.8) is 0 Å². The van der Waals surface area contributed by atoms with Crippen molar-refractivity contribution in [2.75, 3.05) is 5.75 Å². The number of ether oxygens (including phenoxy) is 2. The Morgan fingerprint density at radius 2 is 1.47 bits per heavy atom. The summed E-state index contributed by atoms with van der Waals surface area (Å²) in [5, 5.41) is 18.7. The Kier molecular flexibility index (Phi) is 9.97. The van der Waals surface area contributed by atoms with Crippen molar-refractivity contribution in [3.05, 3.63) is 131 Å². The highest BCUT2D eigenvalue weighted by Gasteiger charge is 2.38. The van der Waals surface area contributed by atoms with Crippen molar-refractivity contribution in [1.82, 2.24) is 4.72 Å². The Morgan fingerprint density at radius 1 is 0.837 bits per heavy atom. The normalized spacial score (nSPS) is 20.5. The Hall–Kier alpha value is -3.51. The Labute approximate surface area is 255 Å². The highest BCUT2D eigenvalue weighted by molar-refractivity contribution is 7.99. The smallest absolute Gasteiger partial charge is 0.335 e. The molecule has 3 N–H and O–H groups in total. The lowest BCUT2D eigenvalue weighted by Gasteiger charge is -2.41. The molecule has 1 heterocycles. The molecule has 10 heteroatoms. The summed E-state index contributed by atoms with van der Waals surface area (Å²) in [5.74, 6) is -0.345. The van der Waals surface area contributed by atoms with Crippen molar-refractivity contribution >= 4 is 27.8 Å². The van der Waals surface area contributed by atoms with Gasteiger partial charge in [0.25, 0.3) is 0 Å². The molecule has 1 aliphatic rings. The van der Waals surface area contributed by atoms with Gasteiger partial charge in [0.1, 0.15) is 0 Å². The van der Waals surface area contributed by atoms with E-state index in [1.54, 1.807) is 66.4 Å². The molecule has 43 heavy (non-hydrogen) atoms. The maximum Gasteiger partial charge on any atom is 0.335 e. The summed E-state index contributed by atoms with van der Waals surface area (Å²) in [4.78, 5) is 12.4. The molecule has 1 saturated heterocycles. The number of benzene rings is 4. The Morgan fingerprint density at radius 3 is 2.09 bits per heavy atom. The summed E-state index contributed by atoms with van der Waals surface area (Å²) >= 11 is 1.59. The maximum atomic E-state index is 12.6. The fraction of sp³-hybridized carbons (Fsp3) is 0.242. The maximum absolute atomic E-state index is 12.6. The molecule has 8 nitrogen and oxygen atoms in total. The van der Waals surface area contributed by atoms with Crippen molar-refractivity contribution in [2.45, 2.75) is 48.4 Å². The number of aliphatic hydroxyl groups excluding tert-OH is 1. The van der Waals surface area contributed by atoms with Crippen LogP contribution in [0.15, 0.2) is 113 Å². The Bertz CT molecular complexity index is 1610. The summed E-state index contributed by atoms with van der Waals surface area (Å²) < 4.78 is 40.9. The van der Waals surface area contributed by atoms with Gasteiger partial charge in [0.15, 0.2) is 6.29 Å². The predicted octanol–water partition coefficient (Wildman–Crippen LogP) is 5.94. The van der Waals surface area contributed by atoms with Crippen molar-refractivity contribution in [2.24, 2.45) is 5.92 Å². The Balaban J connectivity index is 1.31. The van der Waals surface area contributed by atoms with E-state index in [0.717, 1.165) is 27.1 Å². The molecule has 0 radical (unpaired) electrons. The van der Waals surface area contributed by atoms with Crippen LogP contribution in [0, 0.1) is 5.92 Å². The van der Waals surface area contributed by atoms with Crippen molar-refractivity contribution < 1.29 is 32.9 Å². The van der Waals surface area contributed by atoms with E-state index in [2.05, 4.69) is 11.6 Å². The number of carboxylic acids is 1. The van der Waals surface area contributed by atoms with Gasteiger partial charge in [-0.15, -0.1) is 11.8 Å². The SMILES string of the molecule is C[C@H]1[C@@H](CSc2ccc(C(=O)O)cc2)OC(c2ccc(CNS(=O)(=O)c3ccccc3)cc2)O[C@H]1c1ccc(CO)cc1. The first kappa shape index (κ1) is 30.9. The zero-order valence-electron chi connectivity index (χ0n) is 23.5. The van der Waals surface area contributed by atoms with E-state index >= 15 is 0 Å². The molecular weight excluding hydrogens is 586 g/mol. The average Bonchev–Trinajstić information content (AvgIpc) is 3.04. The van der Waals surface area contributed by atoms with E-state index in [1.807, 2.05) is 48.5 Å². The number of carboxylic acid groups (broad SMARTS) is 1. The quantitative estimate of drug-likeness (QED) is 0.176. The zero-order valence-corrected chi connectivity index (χ0v) is 25.1. The second-order valence-electron chi connectivity index (χ2n) is 10.3. The van der Waals surface area contributed by atoms with Crippen LogP contribution >= 0.6 is 11.8 Å². The molecule has 4 aromatic carbocycles. The summed E-state index contributed by atoms with van der Waals surface area (Å²) in [6.07, 6.45) is -1.12. The molecule has 1 fully saturated rings. The number of hydrogen-bond donors (Lipinski definition) is 3. The van der Waals surface area contributed by atoms with Gasteiger partial charge in [-0.2, -0.15) is 0 Å². The van der Waals surface area contributed by atoms with Gasteiger partial charge in [-0.25, -0.2) is 17.9 Å². The van der Waals surface area contributed by atoms with Crippen LogP contribution in [0.4, 0.5) is 0 Å². The minimum absolute atomic E-state index is 0.00585. The molecule has 0 aliphatic carbocycles. The van der Waals surface area contributed by atoms with Crippen LogP contribution < -0.4 is 4.72 Å². The highest BCUT2D eigenvalue weighted by atomic mass is 32.2. The van der Waals surface area contributed by atoms with Gasteiger partial charge in [0.05, 0.1) is 29.3 Å². The van der Waals surface area contributed by atoms with Crippen LogP contribution in [0.3, 0.4) is 0 Å². The standard InChI is InChI=1S/C33H33NO7S2/c1-22-30(21-42-28-17-15-26(16-18-28)32(36)37)40-33(41-31(22)25-11-9-24(20-35)10-12-25)27-13-7-23(8-14-27)19-34-43(38,39)29-5-3-2-4-6-29/h2-18,22,30-31,33-35H,19-21H2,1H3,(H,36,37)/t22-,30+,31+,33?/m0/s1. The summed E-state index contributed by atoms with van der Waals surface area (Å²) in [6.45, 7) is 2.18. The molecular formula is C33H33NO7S2. The molecule has 0 aromatic heterocycles. The molecule has 224 valence electrons. The lowest BCUT2D eigenvalue weighted by atomic mass is 9.91. The number of nitrogens with one attached hydrogen (secondary N) is 1. The second kappa shape index (κ2) is 13.9. The number of hydrogen-bond acceptors (Lipinski definition) is 7. The van der Waals surface area contributed by atoms with Gasteiger partial charge in [-0.3, -0.25) is 0 Å². The van der Waals surface area contributed by atoms with Gasteiger partial charge in [0, 0.05) is 28.7 Å². The van der Waals surface area contributed by atoms with Crippen molar-refractivity contribution in [3.8, 4) is 0 Å². The molecule has 1 unspecified atom stereocenters. The molecule has 0 amide bonds. The lowest BCUT2D eigenvalue weighted by Crippen LogP contribution is -2.38. The van der Waals surface area contributed by atoms with Crippen LogP contribution in [0.25, 0.3) is 0 Å². The minimum Gasteiger partial charge on any atom is -0.478 e. The van der Waals surface area contributed by atoms with Gasteiger partial charge in [0.2, 0.25) is 10.0 Å². The van der Waals surface area contributed by atoms with E-state index < -0.39 is 22.3 Å².